The van der Waals surface area contributed by atoms with Gasteiger partial charge < -0.3 is 0 Å². The molecule has 14 heavy (non-hydrogen) atoms. The Hall–Kier alpha value is -0.640. The van der Waals surface area contributed by atoms with Crippen LogP contribution in [0.1, 0.15) is 33.1 Å². The molecule has 0 aromatic heterocycles. The molecular formula is C10H18O3S. The van der Waals surface area contributed by atoms with Gasteiger partial charge in [-0.3, -0.25) is 4.79 Å². The molecule has 0 saturated heterocycles. The van der Waals surface area contributed by atoms with Gasteiger partial charge in [-0.05, 0) is 26.7 Å². The Morgan fingerprint density at radius 3 is 2.29 bits per heavy atom. The molecule has 0 atom stereocenters. The van der Waals surface area contributed by atoms with E-state index in [2.05, 4.69) is 6.58 Å². The molecular weight excluding hydrogens is 200 g/mol. The number of unbranched alkanes of at least 4 members (excludes halogenated alkanes) is 1. The monoisotopic (exact) mass is 218 g/mol. The average Bonchev–Trinajstić information content (AvgIpc) is 2.02. The first-order chi connectivity index (χ1) is 6.23. The quantitative estimate of drug-likeness (QED) is 0.504. The first-order valence-corrected chi connectivity index (χ1v) is 6.46. The number of carbonyl (C=O) groups excluding carboxylic acids is 1. The van der Waals surface area contributed by atoms with Crippen molar-refractivity contribution in [3.8, 4) is 0 Å². The van der Waals surface area contributed by atoms with Crippen LogP contribution in [0.15, 0.2) is 12.7 Å². The Balaban J connectivity index is 4.45. The third-order valence-corrected chi connectivity index (χ3v) is 4.49. The second kappa shape index (κ2) is 4.73. The molecule has 0 unspecified atom stereocenters. The lowest BCUT2D eigenvalue weighted by molar-refractivity contribution is -0.120. The summed E-state index contributed by atoms with van der Waals surface area (Å²) < 4.78 is 21.3. The van der Waals surface area contributed by atoms with Gasteiger partial charge in [-0.2, -0.15) is 0 Å². The maximum atomic E-state index is 11.6. The number of allylic oxidation sites excluding steroid dienone is 1. The zero-order valence-electron chi connectivity index (χ0n) is 9.04. The number of rotatable bonds is 6. The van der Waals surface area contributed by atoms with Crippen LogP contribution in [0.4, 0.5) is 0 Å². The Morgan fingerprint density at radius 1 is 1.43 bits per heavy atom. The molecule has 0 heterocycles. The summed E-state index contributed by atoms with van der Waals surface area (Å²) in [4.78, 5) is 11.6. The Morgan fingerprint density at radius 2 is 1.93 bits per heavy atom. The van der Waals surface area contributed by atoms with Gasteiger partial charge in [0.05, 0.1) is 0 Å². The molecule has 0 spiro atoms. The Labute approximate surface area is 86.1 Å². The standard InChI is InChI=1S/C10H18O3S/c1-5-6-7-8-9(11)10(2,3)14(4,12)13/h5H,1,6-8H2,2-4H3. The lowest BCUT2D eigenvalue weighted by atomic mass is 10.0. The van der Waals surface area contributed by atoms with Crippen molar-refractivity contribution >= 4 is 15.6 Å². The molecule has 0 fully saturated rings. The summed E-state index contributed by atoms with van der Waals surface area (Å²) in [7, 11) is -3.31. The molecule has 0 bridgehead atoms. The highest BCUT2D eigenvalue weighted by Gasteiger charge is 2.37. The molecule has 0 N–H and O–H groups in total. The topological polar surface area (TPSA) is 51.2 Å². The van der Waals surface area contributed by atoms with E-state index in [4.69, 9.17) is 0 Å². The highest BCUT2D eigenvalue weighted by molar-refractivity contribution is 7.92. The van der Waals surface area contributed by atoms with E-state index < -0.39 is 14.6 Å². The minimum absolute atomic E-state index is 0.221. The van der Waals surface area contributed by atoms with Crippen molar-refractivity contribution in [3.63, 3.8) is 0 Å². The van der Waals surface area contributed by atoms with Gasteiger partial charge in [-0.1, -0.05) is 6.08 Å². The van der Waals surface area contributed by atoms with Crippen molar-refractivity contribution in [2.75, 3.05) is 6.26 Å². The molecule has 0 aromatic rings. The van der Waals surface area contributed by atoms with Crippen molar-refractivity contribution in [3.05, 3.63) is 12.7 Å². The Bertz CT molecular complexity index is 312. The zero-order chi connectivity index (χ0) is 11.4. The summed E-state index contributed by atoms with van der Waals surface area (Å²) in [5, 5.41) is 0. The van der Waals surface area contributed by atoms with Crippen LogP contribution in [0.25, 0.3) is 0 Å². The predicted molar refractivity (Wildman–Crippen MR) is 58.0 cm³/mol. The largest absolute Gasteiger partial charge is 0.298 e. The van der Waals surface area contributed by atoms with Gasteiger partial charge in [0.2, 0.25) is 0 Å². The maximum Gasteiger partial charge on any atom is 0.159 e. The van der Waals surface area contributed by atoms with E-state index in [-0.39, 0.29) is 5.78 Å². The molecule has 0 saturated carbocycles. The lowest BCUT2D eigenvalue weighted by Gasteiger charge is -2.20. The molecule has 0 aromatic carbocycles. The van der Waals surface area contributed by atoms with E-state index in [1.165, 1.54) is 13.8 Å². The highest BCUT2D eigenvalue weighted by Crippen LogP contribution is 2.19. The molecule has 4 heteroatoms. The minimum Gasteiger partial charge on any atom is -0.298 e. The summed E-state index contributed by atoms with van der Waals surface area (Å²) in [5.74, 6) is -0.221. The van der Waals surface area contributed by atoms with Gasteiger partial charge in [0, 0.05) is 12.7 Å². The molecule has 0 aliphatic heterocycles. The van der Waals surface area contributed by atoms with Crippen LogP contribution in [0, 0.1) is 0 Å². The predicted octanol–water partition coefficient (Wildman–Crippen LogP) is 1.74. The maximum absolute atomic E-state index is 11.6. The highest BCUT2D eigenvalue weighted by atomic mass is 32.2. The van der Waals surface area contributed by atoms with Gasteiger partial charge in [-0.25, -0.2) is 8.42 Å². The van der Waals surface area contributed by atoms with E-state index in [0.717, 1.165) is 12.7 Å². The zero-order valence-corrected chi connectivity index (χ0v) is 9.86. The molecule has 82 valence electrons. The number of Topliss-reactive ketones (excluding diaryl/α,β-unsaturated/α-hetero) is 1. The van der Waals surface area contributed by atoms with Crippen molar-refractivity contribution in [2.24, 2.45) is 0 Å². The summed E-state index contributed by atoms with van der Waals surface area (Å²) in [6.45, 7) is 6.45. The third kappa shape index (κ3) is 3.25. The molecule has 0 rings (SSSR count). The van der Waals surface area contributed by atoms with Crippen molar-refractivity contribution < 1.29 is 13.2 Å². The number of hydrogen-bond donors (Lipinski definition) is 0. The van der Waals surface area contributed by atoms with Gasteiger partial charge in [0.1, 0.15) is 4.75 Å². The van der Waals surface area contributed by atoms with Crippen molar-refractivity contribution in [2.45, 2.75) is 37.9 Å². The summed E-state index contributed by atoms with van der Waals surface area (Å²) >= 11 is 0. The van der Waals surface area contributed by atoms with Gasteiger partial charge in [0.25, 0.3) is 0 Å². The third-order valence-electron chi connectivity index (χ3n) is 2.41. The summed E-state index contributed by atoms with van der Waals surface area (Å²) in [6.07, 6.45) is 4.53. The fraction of sp³-hybridized carbons (Fsp3) is 0.700. The first-order valence-electron chi connectivity index (χ1n) is 4.57. The number of hydrogen-bond acceptors (Lipinski definition) is 3. The number of ketones is 1. The number of sulfone groups is 1. The van der Waals surface area contributed by atoms with E-state index in [1.807, 2.05) is 0 Å². The smallest absolute Gasteiger partial charge is 0.159 e. The summed E-state index contributed by atoms with van der Waals surface area (Å²) in [5.41, 5.74) is 0. The molecule has 0 amide bonds. The van der Waals surface area contributed by atoms with Crippen LogP contribution in [-0.2, 0) is 14.6 Å². The van der Waals surface area contributed by atoms with Crippen LogP contribution in [-0.4, -0.2) is 25.2 Å². The van der Waals surface area contributed by atoms with Crippen molar-refractivity contribution in [1.29, 1.82) is 0 Å². The average molecular weight is 218 g/mol. The van der Waals surface area contributed by atoms with Crippen LogP contribution in [0.5, 0.6) is 0 Å². The van der Waals surface area contributed by atoms with Crippen LogP contribution < -0.4 is 0 Å². The molecule has 0 radical (unpaired) electrons. The van der Waals surface area contributed by atoms with Gasteiger partial charge in [0.15, 0.2) is 15.6 Å². The van der Waals surface area contributed by atoms with Crippen molar-refractivity contribution in [1.82, 2.24) is 0 Å². The normalized spacial score (nSPS) is 12.5. The fourth-order valence-corrected chi connectivity index (χ4v) is 1.43. The van der Waals surface area contributed by atoms with Crippen LogP contribution >= 0.6 is 0 Å². The van der Waals surface area contributed by atoms with Gasteiger partial charge in [-0.15, -0.1) is 6.58 Å². The van der Waals surface area contributed by atoms with E-state index >= 15 is 0 Å². The van der Waals surface area contributed by atoms with Crippen LogP contribution in [0.2, 0.25) is 0 Å². The minimum atomic E-state index is -3.31. The van der Waals surface area contributed by atoms with Crippen LogP contribution in [0.3, 0.4) is 0 Å². The Kier molecular flexibility index (Phi) is 4.52. The second-order valence-electron chi connectivity index (χ2n) is 3.89. The summed E-state index contributed by atoms with van der Waals surface area (Å²) in [6, 6.07) is 0. The lowest BCUT2D eigenvalue weighted by Crippen LogP contribution is -2.39. The van der Waals surface area contributed by atoms with E-state index in [1.54, 1.807) is 6.08 Å². The fourth-order valence-electron chi connectivity index (χ4n) is 0.915. The molecule has 0 aliphatic rings. The first kappa shape index (κ1) is 13.4. The molecule has 3 nitrogen and oxygen atoms in total. The van der Waals surface area contributed by atoms with E-state index in [9.17, 15) is 13.2 Å². The van der Waals surface area contributed by atoms with E-state index in [0.29, 0.717) is 12.8 Å². The second-order valence-corrected chi connectivity index (χ2v) is 6.45. The number of carbonyl (C=O) groups is 1. The molecule has 0 aliphatic carbocycles. The SMILES string of the molecule is C=CCCCC(=O)C(C)(C)S(C)(=O)=O. The van der Waals surface area contributed by atoms with Gasteiger partial charge >= 0.3 is 0 Å².